The van der Waals surface area contributed by atoms with Crippen molar-refractivity contribution in [2.24, 2.45) is 0 Å². The Morgan fingerprint density at radius 1 is 1.27 bits per heavy atom. The van der Waals surface area contributed by atoms with Gasteiger partial charge in [-0.3, -0.25) is 4.79 Å². The molecule has 0 aliphatic heterocycles. The zero-order valence-electron chi connectivity index (χ0n) is 14.2. The van der Waals surface area contributed by atoms with Crippen molar-refractivity contribution < 1.29 is 27.5 Å². The van der Waals surface area contributed by atoms with Gasteiger partial charge in [0.1, 0.15) is 5.69 Å². The standard InChI is InChI=1S/C17H16ClF3N2O3/c1-4-26-16(25)14-8(2)13(9(3)22-14)15(24)23-10-5-6-12(18)11(7-10)17(19,20)21/h5-7,22H,4H2,1-3H3,(H,23,24). The van der Waals surface area contributed by atoms with Gasteiger partial charge in [0.15, 0.2) is 0 Å². The van der Waals surface area contributed by atoms with Crippen molar-refractivity contribution in [2.45, 2.75) is 26.9 Å². The first-order chi connectivity index (χ1) is 12.1. The number of aromatic amines is 1. The van der Waals surface area contributed by atoms with Gasteiger partial charge in [-0.15, -0.1) is 0 Å². The van der Waals surface area contributed by atoms with Gasteiger partial charge in [0.2, 0.25) is 0 Å². The quantitative estimate of drug-likeness (QED) is 0.743. The number of esters is 1. The molecule has 26 heavy (non-hydrogen) atoms. The summed E-state index contributed by atoms with van der Waals surface area (Å²) in [6.07, 6.45) is -4.64. The highest BCUT2D eigenvalue weighted by atomic mass is 35.5. The third-order valence-corrected chi connectivity index (χ3v) is 4.00. The SMILES string of the molecule is CCOC(=O)c1[nH]c(C)c(C(=O)Nc2ccc(Cl)c(C(F)(F)F)c2)c1C. The fraction of sp³-hybridized carbons (Fsp3) is 0.294. The van der Waals surface area contributed by atoms with Gasteiger partial charge in [0.05, 0.1) is 22.8 Å². The Kier molecular flexibility index (Phi) is 5.65. The number of aryl methyl sites for hydroxylation is 1. The Balaban J connectivity index is 2.33. The molecule has 0 aliphatic rings. The molecular weight excluding hydrogens is 373 g/mol. The van der Waals surface area contributed by atoms with Crippen molar-refractivity contribution in [1.82, 2.24) is 4.98 Å². The van der Waals surface area contributed by atoms with Crippen LogP contribution in [0.4, 0.5) is 18.9 Å². The Hall–Kier alpha value is -2.48. The van der Waals surface area contributed by atoms with Crippen LogP contribution in [0.3, 0.4) is 0 Å². The molecule has 2 rings (SSSR count). The first kappa shape index (κ1) is 19.8. The van der Waals surface area contributed by atoms with Crippen molar-refractivity contribution in [3.8, 4) is 0 Å². The van der Waals surface area contributed by atoms with Gasteiger partial charge in [0, 0.05) is 11.4 Å². The molecule has 5 nitrogen and oxygen atoms in total. The fourth-order valence-electron chi connectivity index (χ4n) is 2.51. The van der Waals surface area contributed by atoms with Crippen LogP contribution in [-0.2, 0) is 10.9 Å². The minimum atomic E-state index is -4.64. The van der Waals surface area contributed by atoms with Crippen LogP contribution in [0.5, 0.6) is 0 Å². The normalized spacial score (nSPS) is 11.3. The van der Waals surface area contributed by atoms with Gasteiger partial charge in [-0.1, -0.05) is 11.6 Å². The van der Waals surface area contributed by atoms with Crippen LogP contribution in [0.25, 0.3) is 0 Å². The maximum absolute atomic E-state index is 12.9. The van der Waals surface area contributed by atoms with Crippen LogP contribution in [0.1, 0.15) is 44.6 Å². The molecule has 0 radical (unpaired) electrons. The fourth-order valence-corrected chi connectivity index (χ4v) is 2.74. The monoisotopic (exact) mass is 388 g/mol. The van der Waals surface area contributed by atoms with Crippen LogP contribution in [0.15, 0.2) is 18.2 Å². The second kappa shape index (κ2) is 7.41. The molecule has 2 aromatic rings. The number of alkyl halides is 3. The smallest absolute Gasteiger partial charge is 0.417 e. The van der Waals surface area contributed by atoms with E-state index in [4.69, 9.17) is 16.3 Å². The molecule has 0 unspecified atom stereocenters. The Bertz CT molecular complexity index is 860. The summed E-state index contributed by atoms with van der Waals surface area (Å²) in [4.78, 5) is 27.2. The highest BCUT2D eigenvalue weighted by molar-refractivity contribution is 6.31. The Labute approximate surface area is 152 Å². The number of H-pyrrole nitrogens is 1. The van der Waals surface area contributed by atoms with E-state index in [2.05, 4.69) is 10.3 Å². The van der Waals surface area contributed by atoms with Gasteiger partial charge in [-0.25, -0.2) is 4.79 Å². The summed E-state index contributed by atoms with van der Waals surface area (Å²) in [5, 5.41) is 1.93. The number of carbonyl (C=O) groups excluding carboxylic acids is 2. The average Bonchev–Trinajstić information content (AvgIpc) is 2.83. The third-order valence-electron chi connectivity index (χ3n) is 3.67. The molecule has 1 aromatic carbocycles. The van der Waals surface area contributed by atoms with Crippen molar-refractivity contribution in [3.63, 3.8) is 0 Å². The summed E-state index contributed by atoms with van der Waals surface area (Å²) in [6, 6.07) is 3.07. The first-order valence-corrected chi connectivity index (χ1v) is 7.98. The van der Waals surface area contributed by atoms with Crippen LogP contribution < -0.4 is 5.32 Å². The molecule has 1 heterocycles. The molecule has 0 bridgehead atoms. The summed E-state index contributed by atoms with van der Waals surface area (Å²) in [6.45, 7) is 4.94. The maximum Gasteiger partial charge on any atom is 0.417 e. The number of aromatic nitrogens is 1. The number of hydrogen-bond acceptors (Lipinski definition) is 3. The largest absolute Gasteiger partial charge is 0.461 e. The molecule has 0 spiro atoms. The summed E-state index contributed by atoms with van der Waals surface area (Å²) in [5.74, 6) is -1.26. The maximum atomic E-state index is 12.9. The molecule has 0 fully saturated rings. The van der Waals surface area contributed by atoms with E-state index < -0.39 is 28.6 Å². The summed E-state index contributed by atoms with van der Waals surface area (Å²) < 4.78 is 43.7. The van der Waals surface area contributed by atoms with Crippen molar-refractivity contribution >= 4 is 29.2 Å². The number of anilines is 1. The number of nitrogens with one attached hydrogen (secondary N) is 2. The van der Waals surface area contributed by atoms with E-state index >= 15 is 0 Å². The van der Waals surface area contributed by atoms with Crippen molar-refractivity contribution in [2.75, 3.05) is 11.9 Å². The number of carbonyl (C=O) groups is 2. The number of halogens is 4. The summed E-state index contributed by atoms with van der Waals surface area (Å²) in [5.41, 5.74) is -0.0780. The lowest BCUT2D eigenvalue weighted by Gasteiger charge is -2.12. The molecule has 1 aromatic heterocycles. The Morgan fingerprint density at radius 2 is 1.92 bits per heavy atom. The van der Waals surface area contributed by atoms with Crippen molar-refractivity contribution in [1.29, 1.82) is 0 Å². The van der Waals surface area contributed by atoms with E-state index in [1.54, 1.807) is 20.8 Å². The lowest BCUT2D eigenvalue weighted by Crippen LogP contribution is -2.15. The minimum absolute atomic E-state index is 0.0654. The molecule has 9 heteroatoms. The molecule has 0 atom stereocenters. The predicted molar refractivity (Wildman–Crippen MR) is 90.6 cm³/mol. The zero-order chi connectivity index (χ0) is 19.6. The Morgan fingerprint density at radius 3 is 2.50 bits per heavy atom. The third kappa shape index (κ3) is 4.01. The van der Waals surface area contributed by atoms with Crippen LogP contribution in [-0.4, -0.2) is 23.5 Å². The highest BCUT2D eigenvalue weighted by Gasteiger charge is 2.33. The van der Waals surface area contributed by atoms with Crippen molar-refractivity contribution in [3.05, 3.63) is 51.3 Å². The van der Waals surface area contributed by atoms with Gasteiger partial charge in [0.25, 0.3) is 5.91 Å². The second-order valence-electron chi connectivity index (χ2n) is 5.49. The molecule has 0 saturated heterocycles. The van der Waals surface area contributed by atoms with Crippen LogP contribution in [0.2, 0.25) is 5.02 Å². The van der Waals surface area contributed by atoms with Gasteiger partial charge >= 0.3 is 12.1 Å². The average molecular weight is 389 g/mol. The lowest BCUT2D eigenvalue weighted by atomic mass is 10.1. The minimum Gasteiger partial charge on any atom is -0.461 e. The number of ether oxygens (including phenoxy) is 1. The lowest BCUT2D eigenvalue weighted by molar-refractivity contribution is -0.137. The summed E-state index contributed by atoms with van der Waals surface area (Å²) >= 11 is 5.56. The molecular formula is C17H16ClF3N2O3. The van der Waals surface area contributed by atoms with Gasteiger partial charge in [-0.2, -0.15) is 13.2 Å². The van der Waals surface area contributed by atoms with E-state index in [-0.39, 0.29) is 23.6 Å². The molecule has 0 saturated carbocycles. The highest BCUT2D eigenvalue weighted by Crippen LogP contribution is 2.36. The van der Waals surface area contributed by atoms with E-state index in [1.807, 2.05) is 0 Å². The molecule has 2 N–H and O–H groups in total. The number of hydrogen-bond donors (Lipinski definition) is 2. The zero-order valence-corrected chi connectivity index (χ0v) is 14.9. The predicted octanol–water partition coefficient (Wildman–Crippen LogP) is 4.73. The first-order valence-electron chi connectivity index (χ1n) is 7.60. The molecule has 1 amide bonds. The second-order valence-corrected chi connectivity index (χ2v) is 5.90. The van der Waals surface area contributed by atoms with E-state index in [0.717, 1.165) is 12.1 Å². The molecule has 0 aliphatic carbocycles. The topological polar surface area (TPSA) is 71.2 Å². The van der Waals surface area contributed by atoms with Gasteiger partial charge in [-0.05, 0) is 44.5 Å². The van der Waals surface area contributed by atoms with Crippen LogP contribution in [0, 0.1) is 13.8 Å². The van der Waals surface area contributed by atoms with E-state index in [0.29, 0.717) is 11.3 Å². The van der Waals surface area contributed by atoms with E-state index in [1.165, 1.54) is 6.07 Å². The van der Waals surface area contributed by atoms with E-state index in [9.17, 15) is 22.8 Å². The number of benzene rings is 1. The molecule has 140 valence electrons. The van der Waals surface area contributed by atoms with Crippen LogP contribution >= 0.6 is 11.6 Å². The van der Waals surface area contributed by atoms with Gasteiger partial charge < -0.3 is 15.0 Å². The summed E-state index contributed by atoms with van der Waals surface area (Å²) in [7, 11) is 0. The number of amides is 1. The number of rotatable bonds is 4.